The lowest BCUT2D eigenvalue weighted by Gasteiger charge is -2.21. The number of nitrogens with zero attached hydrogens (tertiary/aromatic N) is 4. The molecule has 0 aliphatic rings. The van der Waals surface area contributed by atoms with Gasteiger partial charge >= 0.3 is 0 Å². The van der Waals surface area contributed by atoms with Crippen LogP contribution in [-0.2, 0) is 11.3 Å². The molecule has 0 saturated carbocycles. The van der Waals surface area contributed by atoms with E-state index in [9.17, 15) is 0 Å². The number of ether oxygens (including phenoxy) is 1. The summed E-state index contributed by atoms with van der Waals surface area (Å²) < 4.78 is 7.66. The first-order valence-corrected chi connectivity index (χ1v) is 13.3. The standard InChI is InChI=1S/C19H28N4O.C9H18.C2H6/c1-5-7-13-24-15-18-19-20-11-12-23(19)14-17(21-18)10-8-9-16(3)22(4)6-2;1-5-9(4)7-6-8(2)3;1-2/h5,8,10-12,14,16H,1,6-7,9,13,15H2,2-4H3;5,8-9H,1,6-7H2,2-4H3;1-2H3/b10-8+;;. The second-order valence-corrected chi connectivity index (χ2v) is 9.15. The Hall–Kier alpha value is -2.24. The van der Waals surface area contributed by atoms with Gasteiger partial charge in [0.15, 0.2) is 5.65 Å². The number of hydrogen-bond acceptors (Lipinski definition) is 4. The number of fused-ring (bicyclic) bond motifs is 1. The molecular formula is C30H52N4O. The van der Waals surface area contributed by atoms with E-state index in [0.717, 1.165) is 42.3 Å². The molecule has 198 valence electrons. The zero-order valence-electron chi connectivity index (χ0n) is 23.8. The van der Waals surface area contributed by atoms with Crippen molar-refractivity contribution in [3.63, 3.8) is 0 Å². The molecule has 0 amide bonds. The van der Waals surface area contributed by atoms with Gasteiger partial charge in [-0.05, 0) is 57.7 Å². The summed E-state index contributed by atoms with van der Waals surface area (Å²) in [4.78, 5) is 11.4. The maximum atomic E-state index is 5.66. The normalized spacial score (nSPS) is 12.7. The van der Waals surface area contributed by atoms with Crippen LogP contribution in [0.3, 0.4) is 0 Å². The van der Waals surface area contributed by atoms with Crippen molar-refractivity contribution >= 4 is 11.7 Å². The fourth-order valence-electron chi connectivity index (χ4n) is 3.12. The average molecular weight is 485 g/mol. The van der Waals surface area contributed by atoms with Crippen molar-refractivity contribution in [1.82, 2.24) is 19.3 Å². The van der Waals surface area contributed by atoms with E-state index in [1.54, 1.807) is 6.20 Å². The van der Waals surface area contributed by atoms with Gasteiger partial charge in [-0.3, -0.25) is 0 Å². The smallest absolute Gasteiger partial charge is 0.161 e. The topological polar surface area (TPSA) is 42.7 Å². The molecule has 2 rings (SSSR count). The predicted octanol–water partition coefficient (Wildman–Crippen LogP) is 7.84. The van der Waals surface area contributed by atoms with Gasteiger partial charge in [0.1, 0.15) is 5.69 Å². The Kier molecular flexibility index (Phi) is 18.7. The number of imidazole rings is 1. The van der Waals surface area contributed by atoms with E-state index < -0.39 is 0 Å². The van der Waals surface area contributed by atoms with Crippen LogP contribution in [0.1, 0.15) is 85.5 Å². The van der Waals surface area contributed by atoms with Gasteiger partial charge in [0.2, 0.25) is 0 Å². The van der Waals surface area contributed by atoms with Crippen LogP contribution in [0.15, 0.2) is 50.0 Å². The lowest BCUT2D eigenvalue weighted by molar-refractivity contribution is 0.123. The van der Waals surface area contributed by atoms with Crippen molar-refractivity contribution in [3.8, 4) is 0 Å². The molecule has 0 aliphatic heterocycles. The molecule has 5 nitrogen and oxygen atoms in total. The van der Waals surface area contributed by atoms with Crippen molar-refractivity contribution in [1.29, 1.82) is 0 Å². The van der Waals surface area contributed by atoms with E-state index >= 15 is 0 Å². The molecule has 0 N–H and O–H groups in total. The fourth-order valence-corrected chi connectivity index (χ4v) is 3.12. The number of allylic oxidation sites excluding steroid dienone is 1. The number of rotatable bonds is 14. The summed E-state index contributed by atoms with van der Waals surface area (Å²) in [6.45, 7) is 24.8. The van der Waals surface area contributed by atoms with Gasteiger partial charge in [-0.25, -0.2) is 9.97 Å². The van der Waals surface area contributed by atoms with Crippen LogP contribution in [0, 0.1) is 11.8 Å². The van der Waals surface area contributed by atoms with Crippen LogP contribution in [0.4, 0.5) is 0 Å². The molecule has 0 fully saturated rings. The molecule has 0 aliphatic carbocycles. The predicted molar refractivity (Wildman–Crippen MR) is 154 cm³/mol. The summed E-state index contributed by atoms with van der Waals surface area (Å²) in [5.41, 5.74) is 2.64. The van der Waals surface area contributed by atoms with E-state index in [4.69, 9.17) is 9.72 Å². The van der Waals surface area contributed by atoms with Crippen molar-refractivity contribution in [2.24, 2.45) is 11.8 Å². The Morgan fingerprint density at radius 1 is 1.14 bits per heavy atom. The summed E-state index contributed by atoms with van der Waals surface area (Å²) in [7, 11) is 2.15. The second kappa shape index (κ2) is 20.0. The van der Waals surface area contributed by atoms with Gasteiger partial charge < -0.3 is 14.0 Å². The average Bonchev–Trinajstić information content (AvgIpc) is 3.35. The minimum Gasteiger partial charge on any atom is -0.375 e. The lowest BCUT2D eigenvalue weighted by atomic mass is 10.00. The highest BCUT2D eigenvalue weighted by Crippen LogP contribution is 2.13. The highest BCUT2D eigenvalue weighted by atomic mass is 16.5. The Balaban J connectivity index is 0.000000888. The van der Waals surface area contributed by atoms with Gasteiger partial charge in [0.25, 0.3) is 0 Å². The molecular weight excluding hydrogens is 432 g/mol. The third kappa shape index (κ3) is 14.0. The van der Waals surface area contributed by atoms with E-state index in [1.807, 2.05) is 42.8 Å². The zero-order chi connectivity index (χ0) is 26.6. The van der Waals surface area contributed by atoms with E-state index in [0.29, 0.717) is 25.2 Å². The maximum Gasteiger partial charge on any atom is 0.161 e. The molecule has 0 spiro atoms. The van der Waals surface area contributed by atoms with Crippen LogP contribution in [-0.4, -0.2) is 45.5 Å². The highest BCUT2D eigenvalue weighted by Gasteiger charge is 2.07. The zero-order valence-corrected chi connectivity index (χ0v) is 23.8. The summed E-state index contributed by atoms with van der Waals surface area (Å²) in [5, 5.41) is 0. The first-order chi connectivity index (χ1) is 16.8. The second-order valence-electron chi connectivity index (χ2n) is 9.15. The van der Waals surface area contributed by atoms with Gasteiger partial charge in [0, 0.05) is 24.6 Å². The Labute approximate surface area is 216 Å². The third-order valence-electron chi connectivity index (χ3n) is 5.79. The van der Waals surface area contributed by atoms with Crippen molar-refractivity contribution < 1.29 is 4.74 Å². The van der Waals surface area contributed by atoms with Gasteiger partial charge in [-0.15, -0.1) is 13.2 Å². The monoisotopic (exact) mass is 484 g/mol. The van der Waals surface area contributed by atoms with Gasteiger partial charge in [0.05, 0.1) is 18.9 Å². The van der Waals surface area contributed by atoms with Crippen molar-refractivity contribution in [2.75, 3.05) is 20.2 Å². The SMILES string of the molecule is C=CC(C)CCC(C)C.C=CCCOCc1nc(/C=C/CC(C)N(C)CC)cn2ccnc12.CC. The number of hydrogen-bond donors (Lipinski definition) is 0. The summed E-state index contributed by atoms with van der Waals surface area (Å²) in [6.07, 6.45) is 18.3. The molecule has 2 atom stereocenters. The minimum absolute atomic E-state index is 0.463. The van der Waals surface area contributed by atoms with Gasteiger partial charge in [-0.2, -0.15) is 0 Å². The van der Waals surface area contributed by atoms with Crippen molar-refractivity contribution in [2.45, 2.75) is 86.8 Å². The Bertz CT molecular complexity index is 840. The molecule has 0 radical (unpaired) electrons. The molecule has 0 saturated heterocycles. The van der Waals surface area contributed by atoms with Crippen LogP contribution in [0.5, 0.6) is 0 Å². The molecule has 0 aromatic carbocycles. The number of aromatic nitrogens is 3. The third-order valence-corrected chi connectivity index (χ3v) is 5.79. The maximum absolute atomic E-state index is 5.66. The summed E-state index contributed by atoms with van der Waals surface area (Å²) in [6, 6.07) is 0.518. The minimum atomic E-state index is 0.463. The molecule has 0 bridgehead atoms. The quantitative estimate of drug-likeness (QED) is 0.202. The van der Waals surface area contributed by atoms with Crippen molar-refractivity contribution in [3.05, 3.63) is 61.4 Å². The Morgan fingerprint density at radius 2 is 1.86 bits per heavy atom. The summed E-state index contributed by atoms with van der Waals surface area (Å²) in [5.74, 6) is 1.54. The molecule has 2 aromatic heterocycles. The van der Waals surface area contributed by atoms with E-state index in [-0.39, 0.29) is 0 Å². The molecule has 5 heteroatoms. The van der Waals surface area contributed by atoms with E-state index in [1.165, 1.54) is 12.8 Å². The molecule has 2 aromatic rings. The largest absolute Gasteiger partial charge is 0.375 e. The van der Waals surface area contributed by atoms with Crippen LogP contribution in [0.2, 0.25) is 0 Å². The fraction of sp³-hybridized carbons (Fsp3) is 0.600. The van der Waals surface area contributed by atoms with Crippen LogP contribution < -0.4 is 0 Å². The first kappa shape index (κ1) is 32.8. The molecule has 2 heterocycles. The highest BCUT2D eigenvalue weighted by molar-refractivity contribution is 5.50. The Morgan fingerprint density at radius 3 is 2.46 bits per heavy atom. The van der Waals surface area contributed by atoms with Gasteiger partial charge in [-0.1, -0.05) is 66.2 Å². The lowest BCUT2D eigenvalue weighted by Crippen LogP contribution is -2.27. The van der Waals surface area contributed by atoms with E-state index in [2.05, 4.69) is 76.9 Å². The first-order valence-electron chi connectivity index (χ1n) is 13.3. The van der Waals surface area contributed by atoms with Crippen LogP contribution >= 0.6 is 0 Å². The van der Waals surface area contributed by atoms with Crippen LogP contribution in [0.25, 0.3) is 11.7 Å². The summed E-state index contributed by atoms with van der Waals surface area (Å²) >= 11 is 0. The molecule has 35 heavy (non-hydrogen) atoms. The molecule has 2 unspecified atom stereocenters.